The molecule has 1 fully saturated rings. The third kappa shape index (κ3) is 2.50. The molecule has 0 aromatic rings. The molecule has 0 aromatic heterocycles. The maximum Gasteiger partial charge on any atom is 0.365 e. The number of hydrogen-bond donors (Lipinski definition) is 0. The Bertz CT molecular complexity index is 202. The first-order valence-electron chi connectivity index (χ1n) is 5.23. The smallest absolute Gasteiger partial charge is 0.365 e. The predicted octanol–water partition coefficient (Wildman–Crippen LogP) is 2.12. The van der Waals surface area contributed by atoms with Crippen LogP contribution < -0.4 is 0 Å². The SMILES string of the molecule is CC(C)(C)O[BH-]1OC(C)(C)C(C)(C)O1. The average Bonchev–Trinajstić information content (AvgIpc) is 1.94. The fourth-order valence-electron chi connectivity index (χ4n) is 1.38. The Labute approximate surface area is 87.3 Å². The second-order valence-corrected chi connectivity index (χ2v) is 5.92. The van der Waals surface area contributed by atoms with Crippen molar-refractivity contribution in [3.8, 4) is 0 Å². The van der Waals surface area contributed by atoms with Crippen LogP contribution in [0.15, 0.2) is 0 Å². The summed E-state index contributed by atoms with van der Waals surface area (Å²) >= 11 is 0. The van der Waals surface area contributed by atoms with Crippen LogP contribution in [0.2, 0.25) is 0 Å². The molecule has 1 aliphatic heterocycles. The second kappa shape index (κ2) is 3.22. The molecule has 3 nitrogen and oxygen atoms in total. The van der Waals surface area contributed by atoms with Crippen LogP contribution in [0.25, 0.3) is 0 Å². The summed E-state index contributed by atoms with van der Waals surface area (Å²) in [5.74, 6) is 0. The van der Waals surface area contributed by atoms with Crippen molar-refractivity contribution in [2.75, 3.05) is 0 Å². The first-order chi connectivity index (χ1) is 6.04. The van der Waals surface area contributed by atoms with Gasteiger partial charge in [-0.15, -0.1) is 0 Å². The molecule has 1 saturated heterocycles. The minimum absolute atomic E-state index is 0.212. The molecule has 0 amide bonds. The van der Waals surface area contributed by atoms with Gasteiger partial charge in [0.25, 0.3) is 0 Å². The van der Waals surface area contributed by atoms with E-state index in [4.69, 9.17) is 14.0 Å². The Morgan fingerprint density at radius 3 is 1.57 bits per heavy atom. The molecule has 14 heavy (non-hydrogen) atoms. The summed E-state index contributed by atoms with van der Waals surface area (Å²) in [4.78, 5) is 0. The molecule has 0 N–H and O–H groups in total. The highest BCUT2D eigenvalue weighted by Gasteiger charge is 2.44. The van der Waals surface area contributed by atoms with Crippen LogP contribution in [0.5, 0.6) is 0 Å². The van der Waals surface area contributed by atoms with E-state index < -0.39 is 7.32 Å². The highest BCUT2D eigenvalue weighted by atomic mass is 16.8. The summed E-state index contributed by atoms with van der Waals surface area (Å²) < 4.78 is 17.3. The second-order valence-electron chi connectivity index (χ2n) is 5.92. The van der Waals surface area contributed by atoms with Crippen LogP contribution in [0, 0.1) is 0 Å². The summed E-state index contributed by atoms with van der Waals surface area (Å²) in [5.41, 5.74) is -0.771. The third-order valence-corrected chi connectivity index (χ3v) is 2.96. The van der Waals surface area contributed by atoms with Crippen LogP contribution in [0.1, 0.15) is 48.5 Å². The quantitative estimate of drug-likeness (QED) is 0.608. The van der Waals surface area contributed by atoms with Crippen molar-refractivity contribution in [3.05, 3.63) is 0 Å². The lowest BCUT2D eigenvalue weighted by atomic mass is 9.90. The minimum atomic E-state index is -1.40. The van der Waals surface area contributed by atoms with Gasteiger partial charge in [0.15, 0.2) is 0 Å². The zero-order valence-corrected chi connectivity index (χ0v) is 10.4. The van der Waals surface area contributed by atoms with E-state index in [-0.39, 0.29) is 16.8 Å². The van der Waals surface area contributed by atoms with E-state index in [1.165, 1.54) is 0 Å². The maximum absolute atomic E-state index is 5.78. The van der Waals surface area contributed by atoms with E-state index in [9.17, 15) is 0 Å². The van der Waals surface area contributed by atoms with Crippen molar-refractivity contribution in [1.29, 1.82) is 0 Å². The Morgan fingerprint density at radius 2 is 1.29 bits per heavy atom. The highest BCUT2D eigenvalue weighted by Crippen LogP contribution is 2.37. The molecule has 0 unspecified atom stereocenters. The average molecular weight is 201 g/mol. The van der Waals surface area contributed by atoms with Gasteiger partial charge in [-0.25, -0.2) is 0 Å². The summed E-state index contributed by atoms with van der Waals surface area (Å²) in [6, 6.07) is 0. The lowest BCUT2D eigenvalue weighted by Gasteiger charge is -2.36. The van der Waals surface area contributed by atoms with Crippen molar-refractivity contribution in [2.24, 2.45) is 0 Å². The standard InChI is InChI=1S/C10H22BO3/c1-8(2,3)12-11-13-9(4,5)10(6,7)14-11/h11H,1-7H3/q-1. The van der Waals surface area contributed by atoms with Gasteiger partial charge in [0.1, 0.15) is 0 Å². The zero-order valence-electron chi connectivity index (χ0n) is 10.4. The molecule has 0 spiro atoms. The first-order valence-corrected chi connectivity index (χ1v) is 5.23. The Morgan fingerprint density at radius 1 is 0.929 bits per heavy atom. The van der Waals surface area contributed by atoms with Gasteiger partial charge in [0.05, 0.1) is 0 Å². The molecule has 0 atom stereocenters. The van der Waals surface area contributed by atoms with Gasteiger partial charge in [0, 0.05) is 16.8 Å². The normalized spacial score (nSPS) is 26.8. The van der Waals surface area contributed by atoms with Crippen LogP contribution >= 0.6 is 0 Å². The van der Waals surface area contributed by atoms with Gasteiger partial charge in [-0.05, 0) is 48.5 Å². The van der Waals surface area contributed by atoms with E-state index in [0.717, 1.165) is 0 Å². The fourth-order valence-corrected chi connectivity index (χ4v) is 1.38. The number of hydrogen-bond acceptors (Lipinski definition) is 3. The molecular weight excluding hydrogens is 179 g/mol. The lowest BCUT2D eigenvalue weighted by Crippen LogP contribution is -2.41. The van der Waals surface area contributed by atoms with Crippen LogP contribution in [0.3, 0.4) is 0 Å². The van der Waals surface area contributed by atoms with Crippen molar-refractivity contribution in [2.45, 2.75) is 65.3 Å². The molecule has 0 aliphatic carbocycles. The van der Waals surface area contributed by atoms with Gasteiger partial charge in [-0.3, -0.25) is 0 Å². The molecule has 1 aliphatic rings. The summed E-state index contributed by atoms with van der Waals surface area (Å²) in [6.07, 6.45) is 0. The van der Waals surface area contributed by atoms with Crippen molar-refractivity contribution in [1.82, 2.24) is 0 Å². The predicted molar refractivity (Wildman–Crippen MR) is 58.3 cm³/mol. The van der Waals surface area contributed by atoms with Crippen LogP contribution in [-0.2, 0) is 14.0 Å². The van der Waals surface area contributed by atoms with E-state index in [1.54, 1.807) is 0 Å². The van der Waals surface area contributed by atoms with E-state index in [2.05, 4.69) is 0 Å². The Balaban J connectivity index is 2.65. The van der Waals surface area contributed by atoms with E-state index in [1.807, 2.05) is 48.5 Å². The van der Waals surface area contributed by atoms with E-state index in [0.29, 0.717) is 0 Å². The molecule has 84 valence electrons. The van der Waals surface area contributed by atoms with Gasteiger partial charge < -0.3 is 14.0 Å². The highest BCUT2D eigenvalue weighted by molar-refractivity contribution is 6.37. The maximum atomic E-state index is 5.78. The summed E-state index contributed by atoms with van der Waals surface area (Å²) in [7, 11) is -1.40. The molecule has 0 radical (unpaired) electrons. The van der Waals surface area contributed by atoms with Gasteiger partial charge in [0.2, 0.25) is 0 Å². The molecule has 0 saturated carbocycles. The van der Waals surface area contributed by atoms with Gasteiger partial charge in [-0.1, -0.05) is 0 Å². The summed E-state index contributed by atoms with van der Waals surface area (Å²) in [5, 5.41) is 0. The minimum Gasteiger partial charge on any atom is -0.543 e. The van der Waals surface area contributed by atoms with Crippen molar-refractivity contribution in [3.63, 3.8) is 0 Å². The van der Waals surface area contributed by atoms with E-state index >= 15 is 0 Å². The van der Waals surface area contributed by atoms with Crippen LogP contribution in [-0.4, -0.2) is 24.1 Å². The third-order valence-electron chi connectivity index (χ3n) is 2.96. The lowest BCUT2D eigenvalue weighted by molar-refractivity contribution is 0.00578. The van der Waals surface area contributed by atoms with Gasteiger partial charge in [-0.2, -0.15) is 0 Å². The topological polar surface area (TPSA) is 27.7 Å². The van der Waals surface area contributed by atoms with Gasteiger partial charge >= 0.3 is 7.32 Å². The van der Waals surface area contributed by atoms with Crippen LogP contribution in [0.4, 0.5) is 0 Å². The number of rotatable bonds is 1. The Kier molecular flexibility index (Phi) is 2.77. The summed E-state index contributed by atoms with van der Waals surface area (Å²) in [6.45, 7) is 14.2. The Hall–Kier alpha value is -0.0551. The van der Waals surface area contributed by atoms with Crippen molar-refractivity contribution < 1.29 is 14.0 Å². The zero-order chi connectivity index (χ0) is 11.2. The monoisotopic (exact) mass is 201 g/mol. The molecule has 0 bridgehead atoms. The fraction of sp³-hybridized carbons (Fsp3) is 1.00. The van der Waals surface area contributed by atoms with Crippen molar-refractivity contribution >= 4 is 7.32 Å². The molecule has 1 heterocycles. The molecular formula is C10H22BO3-. The molecule has 1 rings (SSSR count). The first kappa shape index (κ1) is 12.0. The molecule has 4 heteroatoms. The molecule has 0 aromatic carbocycles. The largest absolute Gasteiger partial charge is 0.543 e.